The second kappa shape index (κ2) is 2.65. The normalized spacial score (nSPS) is 17.1. The summed E-state index contributed by atoms with van der Waals surface area (Å²) in [6, 6.07) is 0. The molecule has 8 heteroatoms. The van der Waals surface area contributed by atoms with Crippen molar-refractivity contribution in [2.45, 2.75) is 0 Å². The molecule has 5 nitrogen and oxygen atoms in total. The standard InChI is InChI=1S/HO5PS2/c1-6(2)5-8(3,4)7/h(H,3,4,7). The van der Waals surface area contributed by atoms with Crippen molar-refractivity contribution in [2.24, 2.45) is 0 Å². The molecule has 0 saturated carbocycles. The zero-order valence-corrected chi connectivity index (χ0v) is 5.87. The molecule has 0 spiro atoms. The van der Waals surface area contributed by atoms with Gasteiger partial charge in [-0.3, -0.25) is 4.55 Å². The van der Waals surface area contributed by atoms with Crippen molar-refractivity contribution in [1.29, 1.82) is 0 Å². The minimum Gasteiger partial charge on any atom is -0.284 e. The van der Waals surface area contributed by atoms with Gasteiger partial charge in [0.2, 0.25) is 0 Å². The molecule has 0 rings (SSSR count). The van der Waals surface area contributed by atoms with E-state index in [1.807, 2.05) is 0 Å². The molecule has 0 aromatic carbocycles. The molecule has 1 N–H and O–H groups in total. The molecule has 8 heavy (non-hydrogen) atoms. The molecule has 1 unspecified atom stereocenters. The maximum absolute atomic E-state index is 9.76. The van der Waals surface area contributed by atoms with Gasteiger partial charge >= 0.3 is 7.91 Å². The lowest BCUT2D eigenvalue weighted by Gasteiger charge is -1.84. The average molecular weight is 176 g/mol. The first-order valence-electron chi connectivity index (χ1n) is 1.23. The molecule has 0 radical (unpaired) electrons. The van der Waals surface area contributed by atoms with E-state index in [0.717, 1.165) is 0 Å². The monoisotopic (exact) mass is 176 g/mol. The topological polar surface area (TPSA) is 80.7 Å². The van der Waals surface area contributed by atoms with Crippen LogP contribution in [0.4, 0.5) is 0 Å². The van der Waals surface area contributed by atoms with E-state index in [-0.39, 0.29) is 0 Å². The highest BCUT2D eigenvalue weighted by Crippen LogP contribution is 2.08. The summed E-state index contributed by atoms with van der Waals surface area (Å²) in [7, 11) is -7.30. The molecule has 48 valence electrons. The second-order valence-corrected chi connectivity index (χ2v) is 3.89. The lowest BCUT2D eigenvalue weighted by Crippen LogP contribution is -1.91. The Morgan fingerprint density at radius 1 is 1.62 bits per heavy atom. The third-order valence-corrected chi connectivity index (χ3v) is 1.94. The van der Waals surface area contributed by atoms with Crippen LogP contribution in [0.15, 0.2) is 0 Å². The zero-order valence-electron chi connectivity index (χ0n) is 3.34. The van der Waals surface area contributed by atoms with E-state index in [1.54, 1.807) is 0 Å². The molecule has 0 aromatic heterocycles. The summed E-state index contributed by atoms with van der Waals surface area (Å²) in [4.78, 5) is 0. The lowest BCUT2D eigenvalue weighted by molar-refractivity contribution is 0.415. The van der Waals surface area contributed by atoms with Gasteiger partial charge in [-0.2, -0.15) is 4.21 Å². The molecular weight excluding hydrogens is 175 g/mol. The van der Waals surface area contributed by atoms with Crippen molar-refractivity contribution in [2.75, 3.05) is 0 Å². The fourth-order valence-electron chi connectivity index (χ4n) is 0.0769. The molecule has 0 aliphatic rings. The summed E-state index contributed by atoms with van der Waals surface area (Å²) in [5.74, 6) is 0. The van der Waals surface area contributed by atoms with Gasteiger partial charge in [0.15, 0.2) is 0 Å². The maximum Gasteiger partial charge on any atom is 0.483 e. The van der Waals surface area contributed by atoms with Gasteiger partial charge in [-0.1, -0.05) is 0 Å². The molecular formula is HO5PS2. The summed E-state index contributed by atoms with van der Waals surface area (Å²) in [6.45, 7) is 0. The summed E-state index contributed by atoms with van der Waals surface area (Å²) < 4.78 is 39.8. The smallest absolute Gasteiger partial charge is 0.284 e. The van der Waals surface area contributed by atoms with Crippen LogP contribution in [0.5, 0.6) is 0 Å². The maximum atomic E-state index is 9.76. The van der Waals surface area contributed by atoms with E-state index in [4.69, 9.17) is 4.55 Å². The third kappa shape index (κ3) is 6.19. The molecule has 0 bridgehead atoms. The van der Waals surface area contributed by atoms with Crippen LogP contribution in [0.25, 0.3) is 0 Å². The minimum atomic E-state index is -3.99. The van der Waals surface area contributed by atoms with Crippen LogP contribution < -0.4 is 0 Å². The minimum absolute atomic E-state index is 3.29. The molecule has 0 aliphatic heterocycles. The highest BCUT2D eigenvalue weighted by molar-refractivity contribution is 8.27. The predicted octanol–water partition coefficient (Wildman–Crippen LogP) is 0.225. The van der Waals surface area contributed by atoms with Gasteiger partial charge in [-0.25, -0.2) is 9.13 Å². The Labute approximate surface area is 50.6 Å². The van der Waals surface area contributed by atoms with Crippen LogP contribution in [0, 0.1) is 0 Å². The number of rotatable bonds is 2. The highest BCUT2D eigenvalue weighted by Gasteiger charge is 2.01. The molecule has 0 heterocycles. The van der Waals surface area contributed by atoms with E-state index in [9.17, 15) is 13.3 Å². The van der Waals surface area contributed by atoms with Crippen molar-refractivity contribution in [3.05, 3.63) is 0 Å². The fourth-order valence-corrected chi connectivity index (χ4v) is 1.14. The molecule has 0 amide bonds. The van der Waals surface area contributed by atoms with Gasteiger partial charge in [0.25, 0.3) is 9.05 Å². The van der Waals surface area contributed by atoms with Gasteiger partial charge in [0.1, 0.15) is 0 Å². The number of hydrogen-bond donors (Lipinski definition) is 1. The van der Waals surface area contributed by atoms with Crippen LogP contribution in [0.3, 0.4) is 0 Å². The van der Waals surface area contributed by atoms with E-state index in [1.165, 1.54) is 0 Å². The van der Waals surface area contributed by atoms with E-state index >= 15 is 0 Å². The van der Waals surface area contributed by atoms with Gasteiger partial charge in [0, 0.05) is 11.2 Å². The Morgan fingerprint density at radius 2 is 2.00 bits per heavy atom. The summed E-state index contributed by atoms with van der Waals surface area (Å²) in [5.41, 5.74) is 0. The SMILES string of the molecule is O=P(=O)OS(=O)(O)=S. The van der Waals surface area contributed by atoms with E-state index in [0.29, 0.717) is 0 Å². The molecule has 1 atom stereocenters. The van der Waals surface area contributed by atoms with E-state index < -0.39 is 17.0 Å². The van der Waals surface area contributed by atoms with Crippen LogP contribution in [0.1, 0.15) is 0 Å². The Bertz CT molecular complexity index is 211. The van der Waals surface area contributed by atoms with Gasteiger partial charge in [0.05, 0.1) is 0 Å². The third-order valence-electron chi connectivity index (χ3n) is 0.155. The van der Waals surface area contributed by atoms with E-state index in [2.05, 4.69) is 15.2 Å². The zero-order chi connectivity index (χ0) is 6.78. The predicted molar refractivity (Wildman–Crippen MR) is 27.5 cm³/mol. The van der Waals surface area contributed by atoms with Gasteiger partial charge < -0.3 is 0 Å². The van der Waals surface area contributed by atoms with Crippen LogP contribution >= 0.6 is 7.91 Å². The Balaban J connectivity index is 4.16. The lowest BCUT2D eigenvalue weighted by atomic mass is 15.8. The Kier molecular flexibility index (Phi) is 2.72. The van der Waals surface area contributed by atoms with Crippen LogP contribution in [-0.4, -0.2) is 8.76 Å². The average Bonchev–Trinajstić information content (AvgIpc) is 1.21. The molecule has 0 aliphatic carbocycles. The van der Waals surface area contributed by atoms with Crippen molar-refractivity contribution in [1.82, 2.24) is 0 Å². The van der Waals surface area contributed by atoms with Crippen LogP contribution in [-0.2, 0) is 33.3 Å². The number of hydrogen-bond acceptors (Lipinski definition) is 5. The Hall–Kier alpha value is 0.190. The first-order chi connectivity index (χ1) is 3.42. The van der Waals surface area contributed by atoms with Gasteiger partial charge in [-0.05, 0) is 0 Å². The van der Waals surface area contributed by atoms with Crippen molar-refractivity contribution in [3.8, 4) is 0 Å². The Morgan fingerprint density at radius 3 is 2.00 bits per heavy atom. The quantitative estimate of drug-likeness (QED) is 0.606. The summed E-state index contributed by atoms with van der Waals surface area (Å²) >= 11 is 3.64. The highest BCUT2D eigenvalue weighted by atomic mass is 32.9. The second-order valence-electron chi connectivity index (χ2n) is 0.726. The summed E-state index contributed by atoms with van der Waals surface area (Å²) in [5, 5.41) is 0. The largest absolute Gasteiger partial charge is 0.483 e. The molecule has 0 aromatic rings. The molecule has 0 saturated heterocycles. The van der Waals surface area contributed by atoms with Gasteiger partial charge in [-0.15, -0.1) is 3.97 Å². The van der Waals surface area contributed by atoms with Crippen molar-refractivity contribution in [3.63, 3.8) is 0 Å². The van der Waals surface area contributed by atoms with Crippen molar-refractivity contribution >= 4 is 28.1 Å². The fraction of sp³-hybridized carbons (Fsp3) is 0. The molecule has 0 fully saturated rings. The van der Waals surface area contributed by atoms with Crippen LogP contribution in [0.2, 0.25) is 0 Å². The summed E-state index contributed by atoms with van der Waals surface area (Å²) in [6.07, 6.45) is 0. The first-order valence-corrected chi connectivity index (χ1v) is 4.69. The first kappa shape index (κ1) is 8.19. The van der Waals surface area contributed by atoms with Crippen molar-refractivity contribution < 1.29 is 21.9 Å².